The number of nitrogens with one attached hydrogen (secondary N) is 1. The van der Waals surface area contributed by atoms with Crippen LogP contribution in [0.3, 0.4) is 0 Å². The minimum atomic E-state index is -0.380. The van der Waals surface area contributed by atoms with Gasteiger partial charge in [0.05, 0.1) is 6.61 Å². The first-order valence-corrected chi connectivity index (χ1v) is 7.71. The highest BCUT2D eigenvalue weighted by Crippen LogP contribution is 2.28. The maximum absolute atomic E-state index is 11.6. The second kappa shape index (κ2) is 6.02. The van der Waals surface area contributed by atoms with Crippen molar-refractivity contribution in [3.63, 3.8) is 0 Å². The number of amides is 1. The zero-order valence-corrected chi connectivity index (χ0v) is 13.4. The molecule has 108 valence electrons. The molecule has 0 unspecified atom stereocenters. The lowest BCUT2D eigenvalue weighted by molar-refractivity contribution is 0.139. The van der Waals surface area contributed by atoms with Crippen molar-refractivity contribution in [2.24, 2.45) is 0 Å². The fourth-order valence-electron chi connectivity index (χ4n) is 1.84. The lowest BCUT2D eigenvalue weighted by Crippen LogP contribution is -2.41. The molecule has 1 aromatic heterocycles. The second-order valence-electron chi connectivity index (χ2n) is 5.66. The standard InChI is InChI=1S/C15H18ClNO2S/c1-15(2,3)17-14(18)19-7-6-10-9-20-13-5-4-11(16)8-12(10)13/h4-5,8-9H,6-7H2,1-3H3,(H,17,18). The van der Waals surface area contributed by atoms with E-state index in [4.69, 9.17) is 16.3 Å². The highest BCUT2D eigenvalue weighted by molar-refractivity contribution is 7.17. The molecule has 1 N–H and O–H groups in total. The second-order valence-corrected chi connectivity index (χ2v) is 7.01. The third-order valence-electron chi connectivity index (χ3n) is 2.70. The average Bonchev–Trinajstić information content (AvgIpc) is 2.69. The molecule has 0 radical (unpaired) electrons. The Morgan fingerprint density at radius 3 is 2.85 bits per heavy atom. The number of carbonyl (C=O) groups is 1. The topological polar surface area (TPSA) is 38.3 Å². The van der Waals surface area contributed by atoms with Gasteiger partial charge in [-0.05, 0) is 55.3 Å². The summed E-state index contributed by atoms with van der Waals surface area (Å²) in [5.41, 5.74) is 0.885. The van der Waals surface area contributed by atoms with Gasteiger partial charge in [0.1, 0.15) is 0 Å². The van der Waals surface area contributed by atoms with Crippen molar-refractivity contribution in [2.45, 2.75) is 32.7 Å². The molecule has 0 aliphatic rings. The Bertz CT molecular complexity index is 616. The summed E-state index contributed by atoms with van der Waals surface area (Å²) >= 11 is 7.69. The van der Waals surface area contributed by atoms with Gasteiger partial charge in [-0.25, -0.2) is 4.79 Å². The van der Waals surface area contributed by atoms with Crippen molar-refractivity contribution in [3.8, 4) is 0 Å². The van der Waals surface area contributed by atoms with Crippen LogP contribution in [0.15, 0.2) is 23.6 Å². The van der Waals surface area contributed by atoms with Gasteiger partial charge in [-0.2, -0.15) is 0 Å². The van der Waals surface area contributed by atoms with Gasteiger partial charge >= 0.3 is 6.09 Å². The normalized spacial score (nSPS) is 11.6. The van der Waals surface area contributed by atoms with Crippen LogP contribution in [0.2, 0.25) is 5.02 Å². The molecule has 0 aliphatic carbocycles. The summed E-state index contributed by atoms with van der Waals surface area (Å²) in [6, 6.07) is 5.86. The zero-order chi connectivity index (χ0) is 14.8. The van der Waals surface area contributed by atoms with E-state index in [0.717, 1.165) is 16.0 Å². The van der Waals surface area contributed by atoms with Gasteiger partial charge in [0, 0.05) is 21.7 Å². The Kier molecular flexibility index (Phi) is 4.55. The molecule has 0 saturated carbocycles. The highest BCUT2D eigenvalue weighted by atomic mass is 35.5. The van der Waals surface area contributed by atoms with E-state index in [1.165, 1.54) is 4.70 Å². The number of hydrogen-bond acceptors (Lipinski definition) is 3. The van der Waals surface area contributed by atoms with Crippen LogP contribution in [0.1, 0.15) is 26.3 Å². The summed E-state index contributed by atoms with van der Waals surface area (Å²) in [5.74, 6) is 0. The number of rotatable bonds is 3. The number of carbonyl (C=O) groups excluding carboxylic acids is 1. The van der Waals surface area contributed by atoms with E-state index >= 15 is 0 Å². The Morgan fingerprint density at radius 1 is 1.40 bits per heavy atom. The summed E-state index contributed by atoms with van der Waals surface area (Å²) in [5, 5.41) is 6.72. The van der Waals surface area contributed by atoms with Crippen LogP contribution in [0.4, 0.5) is 4.79 Å². The molecule has 5 heteroatoms. The Labute approximate surface area is 127 Å². The molecule has 0 fully saturated rings. The predicted molar refractivity (Wildman–Crippen MR) is 84.8 cm³/mol. The van der Waals surface area contributed by atoms with Crippen molar-refractivity contribution in [3.05, 3.63) is 34.2 Å². The van der Waals surface area contributed by atoms with Crippen molar-refractivity contribution in [2.75, 3.05) is 6.61 Å². The molecular formula is C15H18ClNO2S. The predicted octanol–water partition coefficient (Wildman–Crippen LogP) is 4.62. The van der Waals surface area contributed by atoms with Crippen molar-refractivity contribution in [1.82, 2.24) is 5.32 Å². The molecule has 2 aromatic rings. The first kappa shape index (κ1) is 15.1. The van der Waals surface area contributed by atoms with Crippen LogP contribution in [-0.4, -0.2) is 18.2 Å². The molecule has 0 saturated heterocycles. The number of fused-ring (bicyclic) bond motifs is 1. The first-order valence-electron chi connectivity index (χ1n) is 6.46. The largest absolute Gasteiger partial charge is 0.449 e. The van der Waals surface area contributed by atoms with E-state index in [2.05, 4.69) is 10.7 Å². The van der Waals surface area contributed by atoms with Crippen LogP contribution in [0, 0.1) is 0 Å². The smallest absolute Gasteiger partial charge is 0.407 e. The van der Waals surface area contributed by atoms with Gasteiger partial charge in [-0.3, -0.25) is 0 Å². The molecule has 3 nitrogen and oxygen atoms in total. The summed E-state index contributed by atoms with van der Waals surface area (Å²) in [7, 11) is 0. The lowest BCUT2D eigenvalue weighted by Gasteiger charge is -2.19. The van der Waals surface area contributed by atoms with Gasteiger partial charge in [0.2, 0.25) is 0 Å². The number of thiophene rings is 1. The quantitative estimate of drug-likeness (QED) is 0.898. The van der Waals surface area contributed by atoms with Crippen LogP contribution in [0.25, 0.3) is 10.1 Å². The fraction of sp³-hybridized carbons (Fsp3) is 0.400. The monoisotopic (exact) mass is 311 g/mol. The van der Waals surface area contributed by atoms with Crippen molar-refractivity contribution < 1.29 is 9.53 Å². The third kappa shape index (κ3) is 4.12. The van der Waals surface area contributed by atoms with E-state index < -0.39 is 0 Å². The van der Waals surface area contributed by atoms with Crippen LogP contribution < -0.4 is 5.32 Å². The van der Waals surface area contributed by atoms with E-state index in [0.29, 0.717) is 13.0 Å². The van der Waals surface area contributed by atoms with E-state index in [1.54, 1.807) is 11.3 Å². The maximum atomic E-state index is 11.6. The molecule has 1 heterocycles. The van der Waals surface area contributed by atoms with Gasteiger partial charge in [0.15, 0.2) is 0 Å². The van der Waals surface area contributed by atoms with Crippen LogP contribution >= 0.6 is 22.9 Å². The van der Waals surface area contributed by atoms with Crippen molar-refractivity contribution >= 4 is 39.1 Å². The first-order chi connectivity index (χ1) is 9.35. The zero-order valence-electron chi connectivity index (χ0n) is 11.8. The molecule has 0 aliphatic heterocycles. The van der Waals surface area contributed by atoms with Gasteiger partial charge in [-0.1, -0.05) is 11.6 Å². The summed E-state index contributed by atoms with van der Waals surface area (Å²) < 4.78 is 6.39. The number of halogens is 1. The SMILES string of the molecule is CC(C)(C)NC(=O)OCCc1csc2ccc(Cl)cc12. The minimum absolute atomic E-state index is 0.278. The molecule has 0 bridgehead atoms. The minimum Gasteiger partial charge on any atom is -0.449 e. The van der Waals surface area contributed by atoms with Crippen LogP contribution in [-0.2, 0) is 11.2 Å². The lowest BCUT2D eigenvalue weighted by atomic mass is 10.1. The molecule has 0 atom stereocenters. The average molecular weight is 312 g/mol. The van der Waals surface area contributed by atoms with Crippen molar-refractivity contribution in [1.29, 1.82) is 0 Å². The molecule has 2 rings (SSSR count). The summed E-state index contributed by atoms with van der Waals surface area (Å²) in [4.78, 5) is 11.6. The summed E-state index contributed by atoms with van der Waals surface area (Å²) in [6.45, 7) is 6.12. The van der Waals surface area contributed by atoms with E-state index in [1.807, 2.05) is 39.0 Å². The van der Waals surface area contributed by atoms with E-state index in [-0.39, 0.29) is 11.6 Å². The Hall–Kier alpha value is -1.26. The number of ether oxygens (including phenoxy) is 1. The number of alkyl carbamates (subject to hydrolysis) is 1. The summed E-state index contributed by atoms with van der Waals surface area (Å²) in [6.07, 6.45) is 0.313. The molecule has 1 amide bonds. The highest BCUT2D eigenvalue weighted by Gasteiger charge is 2.14. The van der Waals surface area contributed by atoms with E-state index in [9.17, 15) is 4.79 Å². The number of benzene rings is 1. The number of hydrogen-bond donors (Lipinski definition) is 1. The maximum Gasteiger partial charge on any atom is 0.407 e. The Balaban J connectivity index is 1.93. The third-order valence-corrected chi connectivity index (χ3v) is 3.94. The van der Waals surface area contributed by atoms with Crippen LogP contribution in [0.5, 0.6) is 0 Å². The van der Waals surface area contributed by atoms with Gasteiger partial charge in [0.25, 0.3) is 0 Å². The van der Waals surface area contributed by atoms with Gasteiger partial charge in [-0.15, -0.1) is 11.3 Å². The molecule has 20 heavy (non-hydrogen) atoms. The molecule has 0 spiro atoms. The Morgan fingerprint density at radius 2 is 2.15 bits per heavy atom. The van der Waals surface area contributed by atoms with Gasteiger partial charge < -0.3 is 10.1 Å². The molecule has 1 aromatic carbocycles. The fourth-order valence-corrected chi connectivity index (χ4v) is 2.99. The molecular weight excluding hydrogens is 294 g/mol.